The van der Waals surface area contributed by atoms with Crippen LogP contribution in [0.5, 0.6) is 11.5 Å². The summed E-state index contributed by atoms with van der Waals surface area (Å²) < 4.78 is 11.4. The first-order valence-electron chi connectivity index (χ1n) is 9.83. The Morgan fingerprint density at radius 3 is 2.31 bits per heavy atom. The van der Waals surface area contributed by atoms with E-state index in [0.29, 0.717) is 29.6 Å². The standard InChI is InChI=1S/C23H30N2O4/c1-15(2)12-13-28-20-10-8-19(9-11-20)23(27)25-24-22(26)18(5)29-21-14-16(3)6-7-17(21)4/h6-11,14-15,18H,12-13H2,1-5H3,(H,24,26)(H,25,27). The first kappa shape index (κ1) is 22.3. The van der Waals surface area contributed by atoms with Crippen LogP contribution in [0.2, 0.25) is 0 Å². The van der Waals surface area contributed by atoms with Crippen LogP contribution in [0.25, 0.3) is 0 Å². The summed E-state index contributed by atoms with van der Waals surface area (Å²) in [5, 5.41) is 0. The zero-order chi connectivity index (χ0) is 21.4. The van der Waals surface area contributed by atoms with Crippen LogP contribution in [0.3, 0.4) is 0 Å². The van der Waals surface area contributed by atoms with Gasteiger partial charge in [0.2, 0.25) is 0 Å². The van der Waals surface area contributed by atoms with E-state index in [9.17, 15) is 9.59 Å². The molecule has 6 nitrogen and oxygen atoms in total. The van der Waals surface area contributed by atoms with Crippen molar-refractivity contribution in [2.75, 3.05) is 6.61 Å². The Morgan fingerprint density at radius 2 is 1.66 bits per heavy atom. The molecule has 1 unspecified atom stereocenters. The van der Waals surface area contributed by atoms with E-state index in [2.05, 4.69) is 24.7 Å². The molecule has 6 heteroatoms. The SMILES string of the molecule is Cc1ccc(C)c(OC(C)C(=O)NNC(=O)c2ccc(OCCC(C)C)cc2)c1. The van der Waals surface area contributed by atoms with E-state index in [4.69, 9.17) is 9.47 Å². The van der Waals surface area contributed by atoms with Gasteiger partial charge in [0.1, 0.15) is 11.5 Å². The highest BCUT2D eigenvalue weighted by molar-refractivity contribution is 5.95. The summed E-state index contributed by atoms with van der Waals surface area (Å²) in [5.74, 6) is 1.08. The molecule has 0 spiro atoms. The Labute approximate surface area is 172 Å². The number of ether oxygens (including phenoxy) is 2. The number of carbonyl (C=O) groups excluding carboxylic acids is 2. The second-order valence-corrected chi connectivity index (χ2v) is 7.53. The molecule has 0 saturated heterocycles. The number of aryl methyl sites for hydroxylation is 2. The average Bonchev–Trinajstić information content (AvgIpc) is 2.68. The van der Waals surface area contributed by atoms with Crippen molar-refractivity contribution in [2.45, 2.75) is 47.1 Å². The smallest absolute Gasteiger partial charge is 0.279 e. The molecule has 2 aromatic rings. The molecule has 0 fully saturated rings. The lowest BCUT2D eigenvalue weighted by molar-refractivity contribution is -0.128. The van der Waals surface area contributed by atoms with Gasteiger partial charge in [0.05, 0.1) is 6.61 Å². The molecule has 0 saturated carbocycles. The molecule has 2 N–H and O–H groups in total. The molecular weight excluding hydrogens is 368 g/mol. The number of hydrazine groups is 1. The van der Waals surface area contributed by atoms with E-state index < -0.39 is 17.9 Å². The van der Waals surface area contributed by atoms with Crippen LogP contribution in [-0.2, 0) is 4.79 Å². The summed E-state index contributed by atoms with van der Waals surface area (Å²) in [7, 11) is 0. The molecule has 29 heavy (non-hydrogen) atoms. The van der Waals surface area contributed by atoms with Gasteiger partial charge in [-0.15, -0.1) is 0 Å². The predicted molar refractivity (Wildman–Crippen MR) is 113 cm³/mol. The van der Waals surface area contributed by atoms with Gasteiger partial charge in [0.15, 0.2) is 6.10 Å². The van der Waals surface area contributed by atoms with Gasteiger partial charge in [-0.05, 0) is 74.6 Å². The van der Waals surface area contributed by atoms with Crippen LogP contribution >= 0.6 is 0 Å². The van der Waals surface area contributed by atoms with Crippen molar-refractivity contribution >= 4 is 11.8 Å². The molecule has 0 heterocycles. The van der Waals surface area contributed by atoms with Crippen molar-refractivity contribution in [1.82, 2.24) is 10.9 Å². The minimum atomic E-state index is -0.757. The zero-order valence-electron chi connectivity index (χ0n) is 17.7. The highest BCUT2D eigenvalue weighted by atomic mass is 16.5. The Bertz CT molecular complexity index is 831. The van der Waals surface area contributed by atoms with Crippen molar-refractivity contribution < 1.29 is 19.1 Å². The highest BCUT2D eigenvalue weighted by Crippen LogP contribution is 2.20. The van der Waals surface area contributed by atoms with Crippen LogP contribution in [0.1, 0.15) is 48.7 Å². The fourth-order valence-electron chi connectivity index (χ4n) is 2.49. The molecule has 0 aromatic heterocycles. The highest BCUT2D eigenvalue weighted by Gasteiger charge is 2.17. The van der Waals surface area contributed by atoms with Crippen LogP contribution in [0.4, 0.5) is 0 Å². The van der Waals surface area contributed by atoms with Crippen molar-refractivity contribution in [3.05, 3.63) is 59.2 Å². The van der Waals surface area contributed by atoms with Crippen molar-refractivity contribution in [1.29, 1.82) is 0 Å². The summed E-state index contributed by atoms with van der Waals surface area (Å²) in [5.41, 5.74) is 7.22. The summed E-state index contributed by atoms with van der Waals surface area (Å²) in [6.45, 7) is 10.4. The monoisotopic (exact) mass is 398 g/mol. The van der Waals surface area contributed by atoms with Gasteiger partial charge in [-0.25, -0.2) is 0 Å². The number of carbonyl (C=O) groups is 2. The summed E-state index contributed by atoms with van der Waals surface area (Å²) in [4.78, 5) is 24.5. The number of rotatable bonds is 8. The lowest BCUT2D eigenvalue weighted by atomic mass is 10.1. The van der Waals surface area contributed by atoms with E-state index in [1.807, 2.05) is 32.0 Å². The maximum absolute atomic E-state index is 12.2. The third-order valence-electron chi connectivity index (χ3n) is 4.40. The maximum atomic E-state index is 12.2. The molecule has 0 aliphatic rings. The minimum Gasteiger partial charge on any atom is -0.494 e. The van der Waals surface area contributed by atoms with E-state index in [0.717, 1.165) is 17.5 Å². The fourth-order valence-corrected chi connectivity index (χ4v) is 2.49. The summed E-state index contributed by atoms with van der Waals surface area (Å²) in [6, 6.07) is 12.6. The Hall–Kier alpha value is -3.02. The number of benzene rings is 2. The fraction of sp³-hybridized carbons (Fsp3) is 0.391. The topological polar surface area (TPSA) is 76.7 Å². The van der Waals surface area contributed by atoms with Gasteiger partial charge in [0, 0.05) is 5.56 Å². The quantitative estimate of drug-likeness (QED) is 0.660. The van der Waals surface area contributed by atoms with Crippen molar-refractivity contribution in [3.8, 4) is 11.5 Å². The molecule has 0 aliphatic heterocycles. The number of nitrogens with one attached hydrogen (secondary N) is 2. The van der Waals surface area contributed by atoms with E-state index in [1.165, 1.54) is 0 Å². The third kappa shape index (κ3) is 7.14. The van der Waals surface area contributed by atoms with E-state index >= 15 is 0 Å². The molecule has 2 aromatic carbocycles. The Balaban J connectivity index is 1.83. The molecule has 2 amide bonds. The van der Waals surface area contributed by atoms with Crippen LogP contribution in [-0.4, -0.2) is 24.5 Å². The van der Waals surface area contributed by atoms with Crippen LogP contribution in [0, 0.1) is 19.8 Å². The van der Waals surface area contributed by atoms with Gasteiger partial charge in [0.25, 0.3) is 11.8 Å². The van der Waals surface area contributed by atoms with Crippen LogP contribution in [0.15, 0.2) is 42.5 Å². The Kier molecular flexibility index (Phi) is 8.07. The summed E-state index contributed by atoms with van der Waals surface area (Å²) in [6.07, 6.45) is 0.212. The Morgan fingerprint density at radius 1 is 0.966 bits per heavy atom. The van der Waals surface area contributed by atoms with E-state index in [1.54, 1.807) is 31.2 Å². The van der Waals surface area contributed by atoms with Crippen molar-refractivity contribution in [2.24, 2.45) is 5.92 Å². The van der Waals surface area contributed by atoms with E-state index in [-0.39, 0.29) is 0 Å². The zero-order valence-corrected chi connectivity index (χ0v) is 17.7. The molecule has 0 bridgehead atoms. The first-order valence-corrected chi connectivity index (χ1v) is 9.83. The number of hydrogen-bond acceptors (Lipinski definition) is 4. The molecule has 2 rings (SSSR count). The number of amides is 2. The molecular formula is C23H30N2O4. The molecule has 156 valence electrons. The summed E-state index contributed by atoms with van der Waals surface area (Å²) >= 11 is 0. The number of hydrogen-bond donors (Lipinski definition) is 2. The molecule has 1 atom stereocenters. The van der Waals surface area contributed by atoms with Gasteiger partial charge in [-0.3, -0.25) is 20.4 Å². The second kappa shape index (κ2) is 10.5. The lowest BCUT2D eigenvalue weighted by Crippen LogP contribution is -2.47. The lowest BCUT2D eigenvalue weighted by Gasteiger charge is -2.17. The van der Waals surface area contributed by atoms with Crippen LogP contribution < -0.4 is 20.3 Å². The van der Waals surface area contributed by atoms with Gasteiger partial charge in [-0.1, -0.05) is 26.0 Å². The average molecular weight is 399 g/mol. The normalized spacial score (nSPS) is 11.7. The minimum absolute atomic E-state index is 0.411. The van der Waals surface area contributed by atoms with Gasteiger partial charge < -0.3 is 9.47 Å². The van der Waals surface area contributed by atoms with Crippen molar-refractivity contribution in [3.63, 3.8) is 0 Å². The third-order valence-corrected chi connectivity index (χ3v) is 4.40. The largest absolute Gasteiger partial charge is 0.494 e. The van der Waals surface area contributed by atoms with Gasteiger partial charge >= 0.3 is 0 Å². The van der Waals surface area contributed by atoms with Gasteiger partial charge in [-0.2, -0.15) is 0 Å². The molecule has 0 aliphatic carbocycles. The second-order valence-electron chi connectivity index (χ2n) is 7.53. The molecule has 0 radical (unpaired) electrons. The maximum Gasteiger partial charge on any atom is 0.279 e. The first-order chi connectivity index (χ1) is 13.8. The predicted octanol–water partition coefficient (Wildman–Crippen LogP) is 3.96.